The molecule has 1 aliphatic heterocycles. The SMILES string of the molecule is CNC(C1CCOCC1)C(OC)C(C)(C)C. The zero-order valence-corrected chi connectivity index (χ0v) is 11.4. The Balaban J connectivity index is 2.69. The van der Waals surface area contributed by atoms with E-state index in [1.54, 1.807) is 0 Å². The Bertz CT molecular complexity index is 195. The maximum absolute atomic E-state index is 5.72. The van der Waals surface area contributed by atoms with E-state index in [0.29, 0.717) is 12.0 Å². The van der Waals surface area contributed by atoms with Gasteiger partial charge in [-0.3, -0.25) is 0 Å². The molecule has 0 aliphatic carbocycles. The van der Waals surface area contributed by atoms with Gasteiger partial charge >= 0.3 is 0 Å². The highest BCUT2D eigenvalue weighted by molar-refractivity contribution is 4.90. The summed E-state index contributed by atoms with van der Waals surface area (Å²) in [5, 5.41) is 3.45. The molecule has 1 aliphatic rings. The summed E-state index contributed by atoms with van der Waals surface area (Å²) in [6.45, 7) is 8.51. The Morgan fingerprint density at radius 2 is 1.81 bits per heavy atom. The van der Waals surface area contributed by atoms with Gasteiger partial charge in [0, 0.05) is 26.4 Å². The van der Waals surface area contributed by atoms with Gasteiger partial charge in [-0.2, -0.15) is 0 Å². The second-order valence-electron chi connectivity index (χ2n) is 5.79. The van der Waals surface area contributed by atoms with Gasteiger partial charge in [0.15, 0.2) is 0 Å². The van der Waals surface area contributed by atoms with Crippen LogP contribution in [-0.4, -0.2) is 39.5 Å². The molecule has 1 saturated heterocycles. The standard InChI is InChI=1S/C13H27NO2/c1-13(2,3)12(15-5)11(14-4)10-6-8-16-9-7-10/h10-12,14H,6-9H2,1-5H3. The highest BCUT2D eigenvalue weighted by atomic mass is 16.5. The molecule has 3 heteroatoms. The van der Waals surface area contributed by atoms with Gasteiger partial charge in [0.2, 0.25) is 0 Å². The largest absolute Gasteiger partial charge is 0.381 e. The molecule has 0 aromatic heterocycles. The van der Waals surface area contributed by atoms with Crippen molar-refractivity contribution in [3.05, 3.63) is 0 Å². The lowest BCUT2D eigenvalue weighted by Crippen LogP contribution is -2.51. The third-order valence-corrected chi connectivity index (χ3v) is 3.54. The molecule has 2 atom stereocenters. The molecule has 0 saturated carbocycles. The Kier molecular flexibility index (Phi) is 5.22. The lowest BCUT2D eigenvalue weighted by Gasteiger charge is -2.41. The summed E-state index contributed by atoms with van der Waals surface area (Å²) in [5.74, 6) is 0.669. The first kappa shape index (κ1) is 13.9. The van der Waals surface area contributed by atoms with Crippen LogP contribution in [-0.2, 0) is 9.47 Å². The first-order valence-electron chi connectivity index (χ1n) is 6.28. The van der Waals surface area contributed by atoms with E-state index in [1.165, 1.54) is 0 Å². The van der Waals surface area contributed by atoms with Crippen molar-refractivity contribution in [2.24, 2.45) is 11.3 Å². The number of hydrogen-bond acceptors (Lipinski definition) is 3. The minimum absolute atomic E-state index is 0.167. The van der Waals surface area contributed by atoms with E-state index in [9.17, 15) is 0 Å². The molecule has 0 radical (unpaired) electrons. The number of likely N-dealkylation sites (N-methyl/N-ethyl adjacent to an activating group) is 1. The van der Waals surface area contributed by atoms with Gasteiger partial charge < -0.3 is 14.8 Å². The minimum atomic E-state index is 0.167. The van der Waals surface area contributed by atoms with Crippen LogP contribution in [0.15, 0.2) is 0 Å². The van der Waals surface area contributed by atoms with Crippen LogP contribution in [0, 0.1) is 11.3 Å². The lowest BCUT2D eigenvalue weighted by molar-refractivity contribution is -0.0432. The van der Waals surface area contributed by atoms with E-state index in [-0.39, 0.29) is 11.5 Å². The van der Waals surface area contributed by atoms with E-state index >= 15 is 0 Å². The molecule has 96 valence electrons. The Morgan fingerprint density at radius 3 is 2.19 bits per heavy atom. The van der Waals surface area contributed by atoms with Gasteiger partial charge in [0.25, 0.3) is 0 Å². The van der Waals surface area contributed by atoms with Crippen molar-refractivity contribution in [2.75, 3.05) is 27.4 Å². The molecule has 1 N–H and O–H groups in total. The molecule has 0 bridgehead atoms. The van der Waals surface area contributed by atoms with Gasteiger partial charge in [-0.25, -0.2) is 0 Å². The van der Waals surface area contributed by atoms with Gasteiger partial charge in [-0.1, -0.05) is 20.8 Å². The molecule has 1 rings (SSSR count). The van der Waals surface area contributed by atoms with Crippen molar-refractivity contribution in [1.29, 1.82) is 0 Å². The van der Waals surface area contributed by atoms with Gasteiger partial charge in [-0.15, -0.1) is 0 Å². The minimum Gasteiger partial charge on any atom is -0.381 e. The van der Waals surface area contributed by atoms with Crippen LogP contribution in [0.4, 0.5) is 0 Å². The highest BCUT2D eigenvalue weighted by Crippen LogP contribution is 2.31. The number of hydrogen-bond donors (Lipinski definition) is 1. The normalized spacial score (nSPS) is 23.1. The molecule has 2 unspecified atom stereocenters. The Hall–Kier alpha value is -0.120. The van der Waals surface area contributed by atoms with E-state index in [1.807, 2.05) is 14.2 Å². The quantitative estimate of drug-likeness (QED) is 0.800. The van der Waals surface area contributed by atoms with Crippen LogP contribution in [0.3, 0.4) is 0 Å². The molecule has 0 spiro atoms. The first-order chi connectivity index (χ1) is 7.50. The summed E-state index contributed by atoms with van der Waals surface area (Å²) in [5.41, 5.74) is 0.167. The molecule has 1 heterocycles. The molecule has 1 fully saturated rings. The second kappa shape index (κ2) is 5.99. The molecule has 0 aromatic carbocycles. The van der Waals surface area contributed by atoms with Crippen molar-refractivity contribution >= 4 is 0 Å². The molecular weight excluding hydrogens is 202 g/mol. The average molecular weight is 229 g/mol. The first-order valence-corrected chi connectivity index (χ1v) is 6.28. The summed E-state index contributed by atoms with van der Waals surface area (Å²) in [6, 6.07) is 0.425. The fourth-order valence-electron chi connectivity index (χ4n) is 2.75. The van der Waals surface area contributed by atoms with Crippen molar-refractivity contribution in [3.8, 4) is 0 Å². The maximum Gasteiger partial charge on any atom is 0.0774 e. The van der Waals surface area contributed by atoms with Crippen LogP contribution >= 0.6 is 0 Å². The van der Waals surface area contributed by atoms with Crippen molar-refractivity contribution in [2.45, 2.75) is 45.8 Å². The lowest BCUT2D eigenvalue weighted by atomic mass is 9.77. The zero-order chi connectivity index (χ0) is 12.2. The molecule has 0 amide bonds. The van der Waals surface area contributed by atoms with Crippen LogP contribution in [0.1, 0.15) is 33.6 Å². The maximum atomic E-state index is 5.72. The number of rotatable bonds is 4. The van der Waals surface area contributed by atoms with E-state index in [2.05, 4.69) is 26.1 Å². The van der Waals surface area contributed by atoms with Crippen molar-refractivity contribution < 1.29 is 9.47 Å². The summed E-state index contributed by atoms with van der Waals surface area (Å²) >= 11 is 0. The highest BCUT2D eigenvalue weighted by Gasteiger charge is 2.36. The fourth-order valence-corrected chi connectivity index (χ4v) is 2.75. The van der Waals surface area contributed by atoms with Gasteiger partial charge in [0.05, 0.1) is 6.10 Å². The summed E-state index contributed by atoms with van der Waals surface area (Å²) in [4.78, 5) is 0. The van der Waals surface area contributed by atoms with Crippen LogP contribution in [0.2, 0.25) is 0 Å². The summed E-state index contributed by atoms with van der Waals surface area (Å²) in [6.07, 6.45) is 2.53. The van der Waals surface area contributed by atoms with Crippen LogP contribution < -0.4 is 5.32 Å². The summed E-state index contributed by atoms with van der Waals surface area (Å²) in [7, 11) is 3.86. The zero-order valence-electron chi connectivity index (χ0n) is 11.4. The van der Waals surface area contributed by atoms with Crippen LogP contribution in [0.5, 0.6) is 0 Å². The Labute approximate surface area is 99.9 Å². The molecule has 3 nitrogen and oxygen atoms in total. The third kappa shape index (κ3) is 3.44. The number of nitrogens with one attached hydrogen (secondary N) is 1. The molecule has 0 aromatic rings. The van der Waals surface area contributed by atoms with Gasteiger partial charge in [-0.05, 0) is 31.2 Å². The molecular formula is C13H27NO2. The number of methoxy groups -OCH3 is 1. The monoisotopic (exact) mass is 229 g/mol. The fraction of sp³-hybridized carbons (Fsp3) is 1.00. The average Bonchev–Trinajstić information content (AvgIpc) is 2.25. The predicted octanol–water partition coefficient (Wildman–Crippen LogP) is 2.06. The Morgan fingerprint density at radius 1 is 1.25 bits per heavy atom. The van der Waals surface area contributed by atoms with E-state index in [0.717, 1.165) is 26.1 Å². The van der Waals surface area contributed by atoms with Crippen molar-refractivity contribution in [3.63, 3.8) is 0 Å². The van der Waals surface area contributed by atoms with E-state index in [4.69, 9.17) is 9.47 Å². The summed E-state index contributed by atoms with van der Waals surface area (Å²) < 4.78 is 11.1. The van der Waals surface area contributed by atoms with Crippen molar-refractivity contribution in [1.82, 2.24) is 5.32 Å². The topological polar surface area (TPSA) is 30.5 Å². The predicted molar refractivity (Wildman–Crippen MR) is 66.6 cm³/mol. The number of ether oxygens (including phenoxy) is 2. The second-order valence-corrected chi connectivity index (χ2v) is 5.79. The smallest absolute Gasteiger partial charge is 0.0774 e. The van der Waals surface area contributed by atoms with Crippen LogP contribution in [0.25, 0.3) is 0 Å². The molecule has 16 heavy (non-hydrogen) atoms. The van der Waals surface area contributed by atoms with E-state index < -0.39 is 0 Å². The van der Waals surface area contributed by atoms with Gasteiger partial charge in [0.1, 0.15) is 0 Å². The third-order valence-electron chi connectivity index (χ3n) is 3.54.